The quantitative estimate of drug-likeness (QED) is 0.579. The maximum Gasteiger partial charge on any atom is 0.341 e. The Morgan fingerprint density at radius 1 is 1.12 bits per heavy atom. The molecule has 6 nitrogen and oxygen atoms in total. The summed E-state index contributed by atoms with van der Waals surface area (Å²) in [6, 6.07) is -0.544. The highest BCUT2D eigenvalue weighted by atomic mass is 16.2. The molecule has 0 saturated carbocycles. The Labute approximate surface area is 102 Å². The summed E-state index contributed by atoms with van der Waals surface area (Å²) in [5, 5.41) is 7.82. The monoisotopic (exact) mass is 242 g/mol. The molecule has 0 aliphatic heterocycles. The highest BCUT2D eigenvalue weighted by Crippen LogP contribution is 2.08. The zero-order valence-electron chi connectivity index (χ0n) is 11.4. The van der Waals surface area contributed by atoms with Crippen LogP contribution in [0.3, 0.4) is 0 Å². The van der Waals surface area contributed by atoms with Gasteiger partial charge in [-0.1, -0.05) is 13.8 Å². The van der Waals surface area contributed by atoms with Crippen LogP contribution in [-0.4, -0.2) is 28.8 Å². The van der Waals surface area contributed by atoms with Crippen molar-refractivity contribution in [2.45, 2.75) is 47.6 Å². The summed E-state index contributed by atoms with van der Waals surface area (Å²) in [7, 11) is 0. The molecule has 0 unspecified atom stereocenters. The first-order valence-corrected chi connectivity index (χ1v) is 5.63. The molecule has 0 saturated heterocycles. The number of nitrogens with zero attached hydrogens (tertiary/aromatic N) is 2. The molecule has 6 heteroatoms. The fraction of sp³-hybridized carbons (Fsp3) is 0.727. The summed E-state index contributed by atoms with van der Waals surface area (Å²) in [5.74, 6) is -0.0902. The molecule has 2 N–H and O–H groups in total. The fourth-order valence-corrected chi connectivity index (χ4v) is 1.01. The van der Waals surface area contributed by atoms with Gasteiger partial charge in [0.1, 0.15) is 0 Å². The minimum Gasteiger partial charge on any atom is -0.277 e. The first kappa shape index (κ1) is 15.4. The Kier molecular flexibility index (Phi) is 6.23. The molecule has 0 heterocycles. The van der Waals surface area contributed by atoms with Gasteiger partial charge in [-0.2, -0.15) is 5.10 Å². The predicted octanol–water partition coefficient (Wildman–Crippen LogP) is 1.49. The molecule has 0 radical (unpaired) electrons. The van der Waals surface area contributed by atoms with E-state index in [2.05, 4.69) is 15.8 Å². The van der Waals surface area contributed by atoms with Crippen LogP contribution in [0.2, 0.25) is 0 Å². The van der Waals surface area contributed by atoms with E-state index in [1.807, 2.05) is 34.6 Å². The Bertz CT molecular complexity index is 309. The van der Waals surface area contributed by atoms with Crippen molar-refractivity contribution in [2.75, 3.05) is 0 Å². The fourth-order valence-electron chi connectivity index (χ4n) is 1.01. The minimum atomic E-state index is -0.574. The molecule has 17 heavy (non-hydrogen) atoms. The van der Waals surface area contributed by atoms with Crippen LogP contribution < -0.4 is 10.7 Å². The summed E-state index contributed by atoms with van der Waals surface area (Å²) in [6.45, 7) is 11.0. The summed E-state index contributed by atoms with van der Waals surface area (Å²) in [6.07, 6.45) is 0. The smallest absolute Gasteiger partial charge is 0.277 e. The van der Waals surface area contributed by atoms with Crippen LogP contribution >= 0.6 is 0 Å². The second-order valence-electron chi connectivity index (χ2n) is 4.50. The number of urea groups is 1. The largest absolute Gasteiger partial charge is 0.341 e. The van der Waals surface area contributed by atoms with Gasteiger partial charge in [0.05, 0.1) is 6.04 Å². The summed E-state index contributed by atoms with van der Waals surface area (Å²) >= 11 is 0. The Morgan fingerprint density at radius 2 is 1.65 bits per heavy atom. The van der Waals surface area contributed by atoms with Gasteiger partial charge in [0.2, 0.25) is 5.91 Å². The van der Waals surface area contributed by atoms with Gasteiger partial charge in [-0.3, -0.25) is 10.1 Å². The van der Waals surface area contributed by atoms with Crippen LogP contribution in [0.15, 0.2) is 5.10 Å². The molecular formula is C11H22N4O2. The van der Waals surface area contributed by atoms with Crippen molar-refractivity contribution in [3.63, 3.8) is 0 Å². The highest BCUT2D eigenvalue weighted by molar-refractivity contribution is 5.92. The van der Waals surface area contributed by atoms with Gasteiger partial charge in [0.25, 0.3) is 0 Å². The highest BCUT2D eigenvalue weighted by Gasteiger charge is 2.18. The maximum absolute atomic E-state index is 11.4. The molecule has 1 atom stereocenters. The van der Waals surface area contributed by atoms with Gasteiger partial charge in [0, 0.05) is 12.6 Å². The van der Waals surface area contributed by atoms with Crippen molar-refractivity contribution >= 4 is 17.6 Å². The normalized spacial score (nSPS) is 11.7. The van der Waals surface area contributed by atoms with Gasteiger partial charge in [-0.05, 0) is 26.7 Å². The lowest BCUT2D eigenvalue weighted by molar-refractivity contribution is -0.118. The molecule has 98 valence electrons. The van der Waals surface area contributed by atoms with Crippen LogP contribution in [0.5, 0.6) is 0 Å². The number of hydrogen-bond donors (Lipinski definition) is 2. The summed E-state index contributed by atoms with van der Waals surface area (Å²) < 4.78 is 0. The standard InChI is InChI=1S/C11H22N4O2/c1-7(2)9(5)15(13-8(3)4)14-11(17)12-10(6)16/h7,9H,1-6H3,(H2,12,14,16,17)/t9-/m0/s1. The third-order valence-electron chi connectivity index (χ3n) is 2.16. The van der Waals surface area contributed by atoms with Crippen LogP contribution in [0.1, 0.15) is 41.5 Å². The van der Waals surface area contributed by atoms with E-state index < -0.39 is 11.9 Å². The molecule has 0 bridgehead atoms. The molecule has 0 fully saturated rings. The lowest BCUT2D eigenvalue weighted by atomic mass is 10.1. The first-order chi connectivity index (χ1) is 7.73. The molecule has 0 rings (SSSR count). The summed E-state index contributed by atoms with van der Waals surface area (Å²) in [4.78, 5) is 22.2. The number of imide groups is 1. The Hall–Kier alpha value is -1.59. The van der Waals surface area contributed by atoms with Crippen molar-refractivity contribution in [1.82, 2.24) is 15.9 Å². The molecule has 0 aromatic carbocycles. The van der Waals surface area contributed by atoms with Crippen molar-refractivity contribution < 1.29 is 9.59 Å². The third kappa shape index (κ3) is 6.55. The number of nitrogens with one attached hydrogen (secondary N) is 2. The number of rotatable bonds is 4. The van der Waals surface area contributed by atoms with Gasteiger partial charge >= 0.3 is 6.03 Å². The van der Waals surface area contributed by atoms with E-state index in [0.29, 0.717) is 5.92 Å². The third-order valence-corrected chi connectivity index (χ3v) is 2.16. The average molecular weight is 242 g/mol. The molecule has 0 aromatic rings. The maximum atomic E-state index is 11.4. The van der Waals surface area contributed by atoms with E-state index >= 15 is 0 Å². The zero-order valence-corrected chi connectivity index (χ0v) is 11.4. The van der Waals surface area contributed by atoms with E-state index in [9.17, 15) is 9.59 Å². The second-order valence-corrected chi connectivity index (χ2v) is 4.50. The van der Waals surface area contributed by atoms with E-state index in [-0.39, 0.29) is 6.04 Å². The van der Waals surface area contributed by atoms with Crippen LogP contribution in [0, 0.1) is 5.92 Å². The topological polar surface area (TPSA) is 73.8 Å². The molecule has 0 aliphatic carbocycles. The number of carbonyl (C=O) groups is 2. The van der Waals surface area contributed by atoms with Crippen molar-refractivity contribution in [2.24, 2.45) is 11.0 Å². The number of amides is 3. The number of hydrazine groups is 1. The molecule has 0 aliphatic rings. The van der Waals surface area contributed by atoms with E-state index in [1.165, 1.54) is 12.0 Å². The molecule has 3 amide bonds. The predicted molar refractivity (Wildman–Crippen MR) is 67.3 cm³/mol. The van der Waals surface area contributed by atoms with Crippen LogP contribution in [0.4, 0.5) is 4.79 Å². The van der Waals surface area contributed by atoms with E-state index in [0.717, 1.165) is 5.71 Å². The van der Waals surface area contributed by atoms with Gasteiger partial charge < -0.3 is 0 Å². The van der Waals surface area contributed by atoms with Crippen molar-refractivity contribution in [3.05, 3.63) is 0 Å². The number of carbonyl (C=O) groups excluding carboxylic acids is 2. The Balaban J connectivity index is 4.66. The first-order valence-electron chi connectivity index (χ1n) is 5.63. The van der Waals surface area contributed by atoms with E-state index in [4.69, 9.17) is 0 Å². The number of hydrazone groups is 1. The minimum absolute atomic E-state index is 0.0302. The lowest BCUT2D eigenvalue weighted by Gasteiger charge is -2.29. The molecule has 0 aromatic heterocycles. The average Bonchev–Trinajstić information content (AvgIpc) is 2.13. The van der Waals surface area contributed by atoms with Crippen molar-refractivity contribution in [1.29, 1.82) is 0 Å². The molecular weight excluding hydrogens is 220 g/mol. The molecule has 0 spiro atoms. The van der Waals surface area contributed by atoms with Gasteiger partial charge in [-0.15, -0.1) is 0 Å². The van der Waals surface area contributed by atoms with Gasteiger partial charge in [0.15, 0.2) is 0 Å². The van der Waals surface area contributed by atoms with E-state index in [1.54, 1.807) is 0 Å². The zero-order chi connectivity index (χ0) is 13.6. The van der Waals surface area contributed by atoms with Crippen LogP contribution in [-0.2, 0) is 4.79 Å². The SMILES string of the molecule is CC(=O)NC(=O)NN(N=C(C)C)[C@@H](C)C(C)C. The number of hydrogen-bond acceptors (Lipinski definition) is 4. The summed E-state index contributed by atoms with van der Waals surface area (Å²) in [5.41, 5.74) is 3.36. The van der Waals surface area contributed by atoms with Gasteiger partial charge in [-0.25, -0.2) is 15.3 Å². The Morgan fingerprint density at radius 3 is 2.00 bits per heavy atom. The van der Waals surface area contributed by atoms with Crippen molar-refractivity contribution in [3.8, 4) is 0 Å². The van der Waals surface area contributed by atoms with Crippen LogP contribution in [0.25, 0.3) is 0 Å². The second kappa shape index (κ2) is 6.88. The lowest BCUT2D eigenvalue weighted by Crippen LogP contribution is -2.51.